The first kappa shape index (κ1) is 60.1. The van der Waals surface area contributed by atoms with Crippen molar-refractivity contribution in [3.05, 3.63) is 47.0 Å². The minimum Gasteiger partial charge on any atom is -0.481 e. The van der Waals surface area contributed by atoms with Crippen molar-refractivity contribution >= 4 is 59.7 Å². The Balaban J connectivity index is 0.971. The van der Waals surface area contributed by atoms with E-state index in [1.54, 1.807) is 0 Å². The lowest BCUT2D eigenvalue weighted by atomic mass is 10.0. The number of quaternary nitrogens is 4. The predicted molar refractivity (Wildman–Crippen MR) is 273 cm³/mol. The zero-order chi connectivity index (χ0) is 57.1. The Kier molecular flexibility index (Phi) is 19.7. The molecule has 27 nitrogen and oxygen atoms in total. The van der Waals surface area contributed by atoms with E-state index in [4.69, 9.17) is 15.1 Å². The predicted octanol–water partition coefficient (Wildman–Crippen LogP) is 0.341. The van der Waals surface area contributed by atoms with E-state index in [9.17, 15) is 73.8 Å². The standard InChI is InChI=1S/C51H73N11O16/c1-58(2)49-56-39(12-7-5-3-4-6-8-13-41(63)52-20-10-9-11-37(47(74)75)53-50(78)54-38(48(76)77)18-19-42(64)65)55-40(57-49)28-35-16-14-34(15-17-35)27-36-29-61(32-45(70)71)24-23-59(30-43(66)67)21-22-60(31-44(68)69)25-26-62(36,33-46(72)73)51(59,60)61/h14-17,36-38H,3-13,18-33H2,1-2H3,(H6-4,52,53,54,63,64,65,66,67,68,69,70,71,72,73,74,75,76,77,78)/p+4/t36?,37-,38-,51?,59?,60-,61+,62+/m0/s1. The third-order valence-electron chi connectivity index (χ3n) is 16.5. The maximum Gasteiger partial charge on any atom is 0.483 e. The zero-order valence-corrected chi connectivity index (χ0v) is 44.5. The summed E-state index contributed by atoms with van der Waals surface area (Å²) < 4.78 is -0.263. The summed E-state index contributed by atoms with van der Waals surface area (Å²) in [7, 11) is 3.71. The average molecular weight is 1100 g/mol. The number of benzene rings is 1. The van der Waals surface area contributed by atoms with Crippen LogP contribution in [0.4, 0.5) is 10.7 Å². The maximum atomic E-state index is 13.0. The molecule has 428 valence electrons. The van der Waals surface area contributed by atoms with E-state index in [0.717, 1.165) is 43.2 Å². The van der Waals surface area contributed by atoms with Crippen LogP contribution in [0.5, 0.6) is 0 Å². The number of amides is 3. The smallest absolute Gasteiger partial charge is 0.481 e. The van der Waals surface area contributed by atoms with Crippen molar-refractivity contribution in [3.63, 3.8) is 0 Å². The summed E-state index contributed by atoms with van der Waals surface area (Å²) in [5.74, 6) is -8.10. The van der Waals surface area contributed by atoms with Crippen molar-refractivity contribution in [1.82, 2.24) is 30.9 Å². The molecule has 1 aromatic carbocycles. The molecule has 4 saturated heterocycles. The molecule has 0 radical (unpaired) electrons. The van der Waals surface area contributed by atoms with Gasteiger partial charge in [-0.3, -0.25) is 9.59 Å². The highest BCUT2D eigenvalue weighted by atomic mass is 16.4. The summed E-state index contributed by atoms with van der Waals surface area (Å²) in [5.41, 5.74) is 1.81. The molecule has 0 saturated carbocycles. The van der Waals surface area contributed by atoms with Gasteiger partial charge in [-0.05, 0) is 49.7 Å². The molecule has 27 heteroatoms. The highest BCUT2D eigenvalue weighted by Gasteiger charge is 3.01. The largest absolute Gasteiger partial charge is 0.483 e. The van der Waals surface area contributed by atoms with Crippen LogP contribution in [0, 0.1) is 0 Å². The van der Waals surface area contributed by atoms with Crippen molar-refractivity contribution in [2.75, 3.05) is 97.5 Å². The molecule has 8 atom stereocenters. The number of carbonyl (C=O) groups is 9. The monoisotopic (exact) mass is 1100 g/mol. The molecule has 6 rings (SSSR count). The summed E-state index contributed by atoms with van der Waals surface area (Å²) in [4.78, 5) is 126. The van der Waals surface area contributed by atoms with Crippen molar-refractivity contribution in [2.24, 2.45) is 0 Å². The van der Waals surface area contributed by atoms with Gasteiger partial charge in [0.05, 0.1) is 0 Å². The zero-order valence-electron chi connectivity index (χ0n) is 44.5. The number of nitrogens with one attached hydrogen (secondary N) is 3. The third kappa shape index (κ3) is 13.2. The number of carboxylic acids is 7. The number of urea groups is 1. The number of unbranched alkanes of at least 4 members (excludes halogenated alkanes) is 6. The first-order chi connectivity index (χ1) is 36.9. The fraction of sp³-hybridized carbons (Fsp3) is 0.647. The Morgan fingerprint density at radius 2 is 1.09 bits per heavy atom. The van der Waals surface area contributed by atoms with E-state index in [-0.39, 0.29) is 75.9 Å². The Labute approximate surface area is 451 Å². The van der Waals surface area contributed by atoms with Crippen LogP contribution in [0.3, 0.4) is 0 Å². The lowest BCUT2D eigenvalue weighted by Gasteiger charge is -2.50. The van der Waals surface area contributed by atoms with Gasteiger partial charge < -0.3 is 56.6 Å². The number of aryl methyl sites for hydroxylation is 1. The van der Waals surface area contributed by atoms with Gasteiger partial charge >= 0.3 is 53.7 Å². The molecule has 0 bridgehead atoms. The van der Waals surface area contributed by atoms with Crippen LogP contribution in [0.1, 0.15) is 99.8 Å². The molecule has 0 aliphatic carbocycles. The van der Waals surface area contributed by atoms with Crippen LogP contribution in [0.25, 0.3) is 0 Å². The topological polar surface area (TPSA) is 373 Å². The van der Waals surface area contributed by atoms with Crippen molar-refractivity contribution < 1.29 is 96.8 Å². The average Bonchev–Trinajstić information content (AvgIpc) is 2.11. The first-order valence-corrected chi connectivity index (χ1v) is 26.7. The molecule has 5 heterocycles. The first-order valence-electron chi connectivity index (χ1n) is 26.7. The Bertz CT molecular complexity index is 2540. The van der Waals surface area contributed by atoms with Crippen LogP contribution in [0.2, 0.25) is 0 Å². The van der Waals surface area contributed by atoms with E-state index in [0.29, 0.717) is 102 Å². The number of anilines is 1. The molecule has 3 unspecified atom stereocenters. The molecular formula is C51H77N11O16+4. The molecule has 10 N–H and O–H groups in total. The van der Waals surface area contributed by atoms with E-state index < -0.39 is 78.3 Å². The van der Waals surface area contributed by atoms with Gasteiger partial charge in [-0.1, -0.05) is 49.9 Å². The van der Waals surface area contributed by atoms with Gasteiger partial charge in [0.2, 0.25) is 11.9 Å². The van der Waals surface area contributed by atoms with E-state index in [2.05, 4.69) is 20.9 Å². The SMILES string of the molecule is CN(C)c1nc(CCCCCCCCC(=O)NCCCC[C@H](NC(=O)N[C@@H](CCC(=O)O)C(=O)O)C(=O)O)nc(Cc2ccc(CC3C[N@@+]4(CC(=O)O)CC[N+]5(CC(=O)O)CC[N@@+]6(CC(=O)O)CC[N@+]3(CC(=O)O)C564)cc2)n1. The number of rotatable bonds is 34. The van der Waals surface area contributed by atoms with Crippen LogP contribution in [-0.2, 0) is 57.6 Å². The van der Waals surface area contributed by atoms with E-state index in [1.165, 1.54) is 0 Å². The van der Waals surface area contributed by atoms with E-state index >= 15 is 0 Å². The number of aliphatic carboxylic acids is 7. The molecule has 4 aliphatic heterocycles. The Hall–Kier alpha value is -7.10. The number of nitrogens with zero attached hydrogens (tertiary/aromatic N) is 8. The molecule has 1 spiro atoms. The fourth-order valence-electron chi connectivity index (χ4n) is 13.7. The third-order valence-corrected chi connectivity index (χ3v) is 16.5. The molecule has 78 heavy (non-hydrogen) atoms. The molecule has 2 aromatic rings. The Morgan fingerprint density at radius 3 is 1.65 bits per heavy atom. The van der Waals surface area contributed by atoms with Gasteiger partial charge in [0.1, 0.15) is 69.5 Å². The maximum absolute atomic E-state index is 13.0. The summed E-state index contributed by atoms with van der Waals surface area (Å²) >= 11 is 0. The van der Waals surface area contributed by atoms with Crippen LogP contribution < -0.4 is 20.9 Å². The van der Waals surface area contributed by atoms with Gasteiger partial charge in [-0.15, -0.1) is 17.9 Å². The second-order valence-corrected chi connectivity index (χ2v) is 21.8. The van der Waals surface area contributed by atoms with Gasteiger partial charge in [-0.2, -0.15) is 9.97 Å². The molecule has 1 aromatic heterocycles. The highest BCUT2D eigenvalue weighted by Crippen LogP contribution is 2.64. The minimum absolute atomic E-state index is 0.0275. The fourth-order valence-corrected chi connectivity index (χ4v) is 13.7. The molecule has 4 aliphatic rings. The lowest BCUT2D eigenvalue weighted by molar-refractivity contribution is -1.36. The van der Waals surface area contributed by atoms with E-state index in [1.807, 2.05) is 43.3 Å². The Morgan fingerprint density at radius 1 is 0.577 bits per heavy atom. The van der Waals surface area contributed by atoms with Gasteiger partial charge in [-0.25, -0.2) is 38.5 Å². The summed E-state index contributed by atoms with van der Waals surface area (Å²) in [6, 6.07) is 3.57. The summed E-state index contributed by atoms with van der Waals surface area (Å²) in [5, 5.41) is 76.4. The van der Waals surface area contributed by atoms with Crippen LogP contribution in [-0.4, -0.2) is 239 Å². The second kappa shape index (κ2) is 25.6. The van der Waals surface area contributed by atoms with Gasteiger partial charge in [0.15, 0.2) is 32.2 Å². The minimum atomic E-state index is -1.50. The van der Waals surface area contributed by atoms with Gasteiger partial charge in [0.25, 0.3) is 0 Å². The summed E-state index contributed by atoms with van der Waals surface area (Å²) in [6.07, 6.45) is 6.89. The van der Waals surface area contributed by atoms with Crippen molar-refractivity contribution in [2.45, 2.75) is 120 Å². The number of hydrogen-bond donors (Lipinski definition) is 10. The van der Waals surface area contributed by atoms with Crippen molar-refractivity contribution in [3.8, 4) is 0 Å². The molecular weight excluding hydrogens is 1020 g/mol. The highest BCUT2D eigenvalue weighted by molar-refractivity contribution is 5.86. The number of carbonyl (C=O) groups excluding carboxylic acids is 2. The molecule has 3 amide bonds. The quantitative estimate of drug-likeness (QED) is 0.0334. The summed E-state index contributed by atoms with van der Waals surface area (Å²) in [6.45, 7) is 0.908. The number of carboxylic acid groups (broad SMARTS) is 7. The molecule has 4 fully saturated rings. The lowest BCUT2D eigenvalue weighted by Crippen LogP contribution is -2.86. The van der Waals surface area contributed by atoms with Crippen LogP contribution in [0.15, 0.2) is 24.3 Å². The van der Waals surface area contributed by atoms with Crippen molar-refractivity contribution in [1.29, 1.82) is 0 Å². The normalized spacial score (nSPS) is 25.3. The number of aromatic nitrogens is 3. The van der Waals surface area contributed by atoms with Crippen LogP contribution >= 0.6 is 0 Å². The number of hydrogen-bond acceptors (Lipinski definition) is 13. The van der Waals surface area contributed by atoms with Gasteiger partial charge in [0, 0.05) is 52.7 Å². The second-order valence-electron chi connectivity index (χ2n) is 21.8.